The molecule has 0 saturated heterocycles. The normalized spacial score (nSPS) is 9.75. The lowest BCUT2D eigenvalue weighted by Gasteiger charge is -2.10. The molecule has 0 fully saturated rings. The third kappa shape index (κ3) is 2.90. The summed E-state index contributed by atoms with van der Waals surface area (Å²) in [6, 6.07) is 7.76. The second-order valence-corrected chi connectivity index (χ2v) is 3.93. The van der Waals surface area contributed by atoms with Gasteiger partial charge in [0.05, 0.1) is 7.11 Å². The van der Waals surface area contributed by atoms with Gasteiger partial charge in [-0.05, 0) is 22.8 Å². The van der Waals surface area contributed by atoms with Gasteiger partial charge in [0.15, 0.2) is 23.1 Å². The molecule has 1 aromatic carbocycles. The molecule has 0 unspecified atom stereocenters. The topological polar surface area (TPSA) is 80.1 Å². The lowest BCUT2D eigenvalue weighted by Crippen LogP contribution is -1.94. The third-order valence-electron chi connectivity index (χ3n) is 2.29. The van der Waals surface area contributed by atoms with Gasteiger partial charge in [0.25, 0.3) is 0 Å². The number of azide groups is 1. The number of halogens is 2. The highest BCUT2D eigenvalue weighted by Crippen LogP contribution is 2.35. The minimum absolute atomic E-state index is 0.0507. The van der Waals surface area contributed by atoms with Gasteiger partial charge in [0.2, 0.25) is 5.88 Å². The van der Waals surface area contributed by atoms with E-state index in [1.54, 1.807) is 24.3 Å². The fourth-order valence-corrected chi connectivity index (χ4v) is 1.61. The maximum absolute atomic E-state index is 13.4. The zero-order chi connectivity index (χ0) is 14.5. The van der Waals surface area contributed by atoms with Crippen molar-refractivity contribution in [3.63, 3.8) is 0 Å². The largest absolute Gasteiger partial charge is 0.493 e. The summed E-state index contributed by atoms with van der Waals surface area (Å²) in [5.74, 6) is -0.551. The summed E-state index contributed by atoms with van der Waals surface area (Å²) in [7, 11) is 1.48. The van der Waals surface area contributed by atoms with Gasteiger partial charge in [0, 0.05) is 11.0 Å². The maximum Gasteiger partial charge on any atom is 0.238 e. The van der Waals surface area contributed by atoms with E-state index in [0.29, 0.717) is 11.5 Å². The highest BCUT2D eigenvalue weighted by molar-refractivity contribution is 6.31. The Labute approximate surface area is 118 Å². The first-order valence-electron chi connectivity index (χ1n) is 5.37. The smallest absolute Gasteiger partial charge is 0.238 e. The molecule has 0 aliphatic rings. The van der Waals surface area contributed by atoms with E-state index in [1.165, 1.54) is 7.11 Å². The first-order valence-corrected chi connectivity index (χ1v) is 5.75. The standard InChI is InChI=1S/C12H8ClFN4O2/c1-19-9-4-2-3-5-10(9)20-12-7(13)6-8(14)11(16-12)17-18-15/h2-6H,1H3. The zero-order valence-corrected chi connectivity index (χ0v) is 11.0. The number of hydrogen-bond donors (Lipinski definition) is 0. The Hall–Kier alpha value is -2.50. The molecule has 102 valence electrons. The molecule has 2 rings (SSSR count). The molecule has 20 heavy (non-hydrogen) atoms. The van der Waals surface area contributed by atoms with Gasteiger partial charge in [-0.15, -0.1) is 0 Å². The Morgan fingerprint density at radius 2 is 2.05 bits per heavy atom. The van der Waals surface area contributed by atoms with Crippen molar-refractivity contribution in [3.05, 3.63) is 51.6 Å². The molecular formula is C12H8ClFN4O2. The van der Waals surface area contributed by atoms with Crippen LogP contribution in [0.25, 0.3) is 10.4 Å². The van der Waals surface area contributed by atoms with Crippen LogP contribution in [0.3, 0.4) is 0 Å². The average molecular weight is 295 g/mol. The van der Waals surface area contributed by atoms with Crippen LogP contribution in [0.15, 0.2) is 35.4 Å². The minimum atomic E-state index is -0.833. The van der Waals surface area contributed by atoms with E-state index in [-0.39, 0.29) is 10.9 Å². The molecule has 0 N–H and O–H groups in total. The highest BCUT2D eigenvalue weighted by Gasteiger charge is 2.13. The van der Waals surface area contributed by atoms with Crippen molar-refractivity contribution in [2.45, 2.75) is 0 Å². The van der Waals surface area contributed by atoms with Crippen molar-refractivity contribution in [3.8, 4) is 17.4 Å². The number of aromatic nitrogens is 1. The van der Waals surface area contributed by atoms with Gasteiger partial charge in [-0.1, -0.05) is 23.7 Å². The van der Waals surface area contributed by atoms with E-state index in [2.05, 4.69) is 15.0 Å². The molecule has 0 aliphatic heterocycles. The van der Waals surface area contributed by atoms with E-state index >= 15 is 0 Å². The number of rotatable bonds is 4. The van der Waals surface area contributed by atoms with E-state index in [9.17, 15) is 4.39 Å². The van der Waals surface area contributed by atoms with Crippen molar-refractivity contribution in [1.29, 1.82) is 0 Å². The number of nitrogens with zero attached hydrogens (tertiary/aromatic N) is 4. The molecule has 8 heteroatoms. The Morgan fingerprint density at radius 3 is 2.70 bits per heavy atom. The predicted octanol–water partition coefficient (Wildman–Crippen LogP) is 4.62. The second kappa shape index (κ2) is 6.10. The Bertz CT molecular complexity index is 689. The van der Waals surface area contributed by atoms with Crippen LogP contribution in [0, 0.1) is 5.82 Å². The Kier molecular flexibility index (Phi) is 4.24. The van der Waals surface area contributed by atoms with E-state index in [4.69, 9.17) is 26.6 Å². The van der Waals surface area contributed by atoms with Crippen molar-refractivity contribution in [2.75, 3.05) is 7.11 Å². The summed E-state index contributed by atoms with van der Waals surface area (Å²) >= 11 is 5.84. The highest BCUT2D eigenvalue weighted by atomic mass is 35.5. The van der Waals surface area contributed by atoms with Crippen LogP contribution in [-0.2, 0) is 0 Å². The molecule has 1 heterocycles. The molecule has 6 nitrogen and oxygen atoms in total. The number of ether oxygens (including phenoxy) is 2. The first-order chi connectivity index (χ1) is 9.65. The van der Waals surface area contributed by atoms with Crippen LogP contribution in [0.1, 0.15) is 0 Å². The molecule has 2 aromatic rings. The molecule has 0 bridgehead atoms. The lowest BCUT2D eigenvalue weighted by molar-refractivity contribution is 0.374. The molecule has 0 atom stereocenters. The Morgan fingerprint density at radius 1 is 1.35 bits per heavy atom. The van der Waals surface area contributed by atoms with Crippen LogP contribution < -0.4 is 9.47 Å². The molecule has 1 aromatic heterocycles. The monoisotopic (exact) mass is 294 g/mol. The number of para-hydroxylation sites is 2. The van der Waals surface area contributed by atoms with Crippen LogP contribution in [-0.4, -0.2) is 12.1 Å². The molecule has 0 aliphatic carbocycles. The number of methoxy groups -OCH3 is 1. The predicted molar refractivity (Wildman–Crippen MR) is 71.1 cm³/mol. The van der Waals surface area contributed by atoms with Gasteiger partial charge in [-0.25, -0.2) is 9.37 Å². The maximum atomic E-state index is 13.4. The minimum Gasteiger partial charge on any atom is -0.493 e. The van der Waals surface area contributed by atoms with Crippen molar-refractivity contribution < 1.29 is 13.9 Å². The molecule has 0 amide bonds. The van der Waals surface area contributed by atoms with Gasteiger partial charge >= 0.3 is 0 Å². The number of hydrogen-bond acceptors (Lipinski definition) is 4. The fourth-order valence-electron chi connectivity index (χ4n) is 1.43. The Balaban J connectivity index is 2.43. The van der Waals surface area contributed by atoms with E-state index in [0.717, 1.165) is 6.07 Å². The van der Waals surface area contributed by atoms with Crippen LogP contribution in [0.2, 0.25) is 5.02 Å². The third-order valence-corrected chi connectivity index (χ3v) is 2.56. The first kappa shape index (κ1) is 13.9. The number of benzene rings is 1. The van der Waals surface area contributed by atoms with E-state index in [1.807, 2.05) is 0 Å². The quantitative estimate of drug-likeness (QED) is 0.469. The summed E-state index contributed by atoms with van der Waals surface area (Å²) in [5, 5.41) is 3.07. The van der Waals surface area contributed by atoms with Crippen molar-refractivity contribution >= 4 is 17.4 Å². The van der Waals surface area contributed by atoms with Crippen molar-refractivity contribution in [1.82, 2.24) is 4.98 Å². The average Bonchev–Trinajstić information content (AvgIpc) is 2.45. The lowest BCUT2D eigenvalue weighted by atomic mass is 10.3. The molecule has 0 spiro atoms. The molecular weight excluding hydrogens is 287 g/mol. The van der Waals surface area contributed by atoms with E-state index < -0.39 is 11.6 Å². The second-order valence-electron chi connectivity index (χ2n) is 3.52. The summed E-state index contributed by atoms with van der Waals surface area (Å²) < 4.78 is 24.0. The van der Waals surface area contributed by atoms with Gasteiger partial charge in [-0.2, -0.15) is 0 Å². The van der Waals surface area contributed by atoms with Gasteiger partial charge < -0.3 is 9.47 Å². The summed E-state index contributed by atoms with van der Waals surface area (Å²) in [6.07, 6.45) is 0. The SMILES string of the molecule is COc1ccccc1Oc1nc(N=[N+]=[N-])c(F)cc1Cl. The fraction of sp³-hybridized carbons (Fsp3) is 0.0833. The summed E-state index contributed by atoms with van der Waals surface area (Å²) in [5.41, 5.74) is 8.33. The van der Waals surface area contributed by atoms with Crippen LogP contribution in [0.5, 0.6) is 17.4 Å². The van der Waals surface area contributed by atoms with Crippen LogP contribution in [0.4, 0.5) is 10.2 Å². The van der Waals surface area contributed by atoms with Crippen LogP contribution >= 0.6 is 11.6 Å². The molecule has 0 saturated carbocycles. The number of pyridine rings is 1. The summed E-state index contributed by atoms with van der Waals surface area (Å²) in [6.45, 7) is 0. The van der Waals surface area contributed by atoms with Gasteiger partial charge in [0.1, 0.15) is 5.02 Å². The summed E-state index contributed by atoms with van der Waals surface area (Å²) in [4.78, 5) is 6.20. The molecule has 0 radical (unpaired) electrons. The zero-order valence-electron chi connectivity index (χ0n) is 10.2. The van der Waals surface area contributed by atoms with Gasteiger partial charge in [-0.3, -0.25) is 0 Å². The van der Waals surface area contributed by atoms with Crippen molar-refractivity contribution in [2.24, 2.45) is 5.11 Å².